The first-order valence-electron chi connectivity index (χ1n) is 12.1. The molecule has 4 aromatic rings. The van der Waals surface area contributed by atoms with E-state index in [1.54, 1.807) is 24.8 Å². The Morgan fingerprint density at radius 1 is 1.20 bits per heavy atom. The lowest BCUT2D eigenvalue weighted by molar-refractivity contribution is 0.0721. The molecule has 2 fully saturated rings. The lowest BCUT2D eigenvalue weighted by atomic mass is 9.72. The zero-order valence-electron chi connectivity index (χ0n) is 19.9. The molecular weight excluding hydrogens is 460 g/mol. The molecule has 182 valence electrons. The third-order valence-electron chi connectivity index (χ3n) is 7.54. The van der Waals surface area contributed by atoms with Crippen molar-refractivity contribution in [1.82, 2.24) is 19.9 Å². The maximum Gasteiger partial charge on any atom is 0.265 e. The summed E-state index contributed by atoms with van der Waals surface area (Å²) in [5.74, 6) is 0.657. The van der Waals surface area contributed by atoms with Crippen LogP contribution in [-0.4, -0.2) is 65.7 Å². The van der Waals surface area contributed by atoms with Crippen molar-refractivity contribution in [3.05, 3.63) is 52.8 Å². The second kappa shape index (κ2) is 8.89. The molecule has 0 atom stereocenters. The first-order chi connectivity index (χ1) is 17.0. The quantitative estimate of drug-likeness (QED) is 0.411. The van der Waals surface area contributed by atoms with Gasteiger partial charge in [0, 0.05) is 54.4 Å². The number of fused-ring (bicyclic) bond motifs is 2. The van der Waals surface area contributed by atoms with Crippen LogP contribution in [0.1, 0.15) is 33.8 Å². The van der Waals surface area contributed by atoms with Crippen molar-refractivity contribution >= 4 is 44.2 Å². The number of likely N-dealkylation sites (tertiary alicyclic amines) is 1. The van der Waals surface area contributed by atoms with Gasteiger partial charge in [-0.15, -0.1) is 11.3 Å². The van der Waals surface area contributed by atoms with Crippen LogP contribution < -0.4 is 10.6 Å². The van der Waals surface area contributed by atoms with Crippen molar-refractivity contribution in [3.8, 4) is 0 Å². The lowest BCUT2D eigenvalue weighted by Gasteiger charge is -2.54. The molecular formula is C26H30N6O2S. The fraction of sp³-hybridized carbons (Fsp3) is 0.423. The number of carbonyl (C=O) groups excluding carboxylic acids is 1. The highest BCUT2D eigenvalue weighted by Crippen LogP contribution is 2.44. The minimum absolute atomic E-state index is 0.391. The molecule has 5 heterocycles. The molecule has 35 heavy (non-hydrogen) atoms. The van der Waals surface area contributed by atoms with Gasteiger partial charge < -0.3 is 20.4 Å². The Morgan fingerprint density at radius 3 is 2.80 bits per heavy atom. The summed E-state index contributed by atoms with van der Waals surface area (Å²) in [6.45, 7) is 5.99. The molecule has 2 aliphatic heterocycles. The molecule has 6 rings (SSSR count). The number of hydrogen-bond acceptors (Lipinski definition) is 7. The molecule has 0 saturated carbocycles. The first-order valence-corrected chi connectivity index (χ1v) is 12.9. The lowest BCUT2D eigenvalue weighted by Crippen LogP contribution is -2.60. The van der Waals surface area contributed by atoms with Crippen molar-refractivity contribution < 1.29 is 9.53 Å². The number of H-pyrrole nitrogens is 1. The van der Waals surface area contributed by atoms with Gasteiger partial charge in [0.1, 0.15) is 22.7 Å². The average molecular weight is 491 g/mol. The molecule has 1 spiro atoms. The van der Waals surface area contributed by atoms with Crippen LogP contribution in [-0.2, 0) is 17.7 Å². The van der Waals surface area contributed by atoms with Gasteiger partial charge in [0.15, 0.2) is 0 Å². The van der Waals surface area contributed by atoms with E-state index in [-0.39, 0.29) is 0 Å². The third kappa shape index (κ3) is 4.28. The van der Waals surface area contributed by atoms with Crippen LogP contribution in [0.5, 0.6) is 0 Å². The van der Waals surface area contributed by atoms with Gasteiger partial charge in [-0.1, -0.05) is 12.1 Å². The molecule has 0 bridgehead atoms. The normalized spacial score (nSPS) is 17.9. The van der Waals surface area contributed by atoms with Crippen LogP contribution >= 0.6 is 11.3 Å². The second-order valence-electron chi connectivity index (χ2n) is 9.97. The number of methoxy groups -OCH3 is 1. The molecule has 3 aromatic heterocycles. The van der Waals surface area contributed by atoms with Crippen LogP contribution in [0.15, 0.2) is 36.7 Å². The number of thiophene rings is 1. The Labute approximate surface area is 208 Å². The van der Waals surface area contributed by atoms with Gasteiger partial charge in [0.25, 0.3) is 5.91 Å². The molecule has 0 unspecified atom stereocenters. The number of nitrogens with one attached hydrogen (secondary N) is 1. The predicted molar refractivity (Wildman–Crippen MR) is 139 cm³/mol. The molecule has 1 aromatic carbocycles. The van der Waals surface area contributed by atoms with E-state index in [9.17, 15) is 4.79 Å². The van der Waals surface area contributed by atoms with Crippen LogP contribution in [0, 0.1) is 5.41 Å². The standard InChI is InChI=1S/C26H30N6O2S/c1-34-9-4-19-12-20-24(28-16-29-25(20)35-19)32-14-26(15-32)5-7-31(8-6-26)13-17-2-3-18-11-22(23(27)33)30-21(18)10-17/h2-3,10-12,16,30H,4-9,13-15H2,1H3,(H2,27,33). The minimum atomic E-state index is -0.424. The molecule has 9 heteroatoms. The summed E-state index contributed by atoms with van der Waals surface area (Å²) in [6.07, 6.45) is 5.03. The highest BCUT2D eigenvalue weighted by molar-refractivity contribution is 7.18. The summed E-state index contributed by atoms with van der Waals surface area (Å²) in [5.41, 5.74) is 8.48. The summed E-state index contributed by atoms with van der Waals surface area (Å²) in [4.78, 5) is 31.1. The number of nitrogens with two attached hydrogens (primary N) is 1. The summed E-state index contributed by atoms with van der Waals surface area (Å²) < 4.78 is 5.24. The van der Waals surface area contributed by atoms with E-state index in [0.717, 1.165) is 67.3 Å². The number of ether oxygens (including phenoxy) is 1. The number of benzene rings is 1. The maximum atomic E-state index is 11.5. The Balaban J connectivity index is 1.07. The van der Waals surface area contributed by atoms with Crippen molar-refractivity contribution in [2.75, 3.05) is 44.8 Å². The number of primary amides is 1. The highest BCUT2D eigenvalue weighted by Gasteiger charge is 2.45. The highest BCUT2D eigenvalue weighted by atomic mass is 32.1. The molecule has 2 saturated heterocycles. The Hall–Kier alpha value is -3.01. The van der Waals surface area contributed by atoms with Gasteiger partial charge in [-0.2, -0.15) is 0 Å². The van der Waals surface area contributed by atoms with E-state index in [0.29, 0.717) is 11.1 Å². The second-order valence-corrected chi connectivity index (χ2v) is 11.1. The maximum absolute atomic E-state index is 11.5. The summed E-state index contributed by atoms with van der Waals surface area (Å²) in [5, 5.41) is 2.19. The van der Waals surface area contributed by atoms with Crippen molar-refractivity contribution in [2.45, 2.75) is 25.8 Å². The number of carbonyl (C=O) groups is 1. The fourth-order valence-corrected chi connectivity index (χ4v) is 6.52. The zero-order valence-corrected chi connectivity index (χ0v) is 20.7. The van der Waals surface area contributed by atoms with E-state index in [2.05, 4.69) is 49.0 Å². The Morgan fingerprint density at radius 2 is 2.03 bits per heavy atom. The number of aromatic amines is 1. The van der Waals surface area contributed by atoms with E-state index in [1.807, 2.05) is 6.07 Å². The van der Waals surface area contributed by atoms with Crippen LogP contribution in [0.3, 0.4) is 0 Å². The monoisotopic (exact) mass is 490 g/mol. The third-order valence-corrected chi connectivity index (χ3v) is 8.64. The van der Waals surface area contributed by atoms with Gasteiger partial charge in [-0.25, -0.2) is 9.97 Å². The van der Waals surface area contributed by atoms with Gasteiger partial charge in [-0.3, -0.25) is 9.69 Å². The summed E-state index contributed by atoms with van der Waals surface area (Å²) in [7, 11) is 1.74. The molecule has 8 nitrogen and oxygen atoms in total. The number of amides is 1. The Bertz CT molecular complexity index is 1380. The molecule has 1 amide bonds. The summed E-state index contributed by atoms with van der Waals surface area (Å²) in [6, 6.07) is 10.4. The average Bonchev–Trinajstić information content (AvgIpc) is 3.45. The minimum Gasteiger partial charge on any atom is -0.384 e. The van der Waals surface area contributed by atoms with E-state index >= 15 is 0 Å². The molecule has 0 radical (unpaired) electrons. The Kier molecular flexibility index (Phi) is 5.70. The summed E-state index contributed by atoms with van der Waals surface area (Å²) >= 11 is 1.75. The van der Waals surface area contributed by atoms with Gasteiger partial charge in [-0.05, 0) is 49.7 Å². The van der Waals surface area contributed by atoms with Crippen LogP contribution in [0.4, 0.5) is 5.82 Å². The number of hydrogen-bond donors (Lipinski definition) is 2. The molecule has 2 aliphatic rings. The number of anilines is 1. The van der Waals surface area contributed by atoms with Crippen molar-refractivity contribution in [1.29, 1.82) is 0 Å². The van der Waals surface area contributed by atoms with E-state index in [1.165, 1.54) is 28.7 Å². The van der Waals surface area contributed by atoms with E-state index < -0.39 is 5.91 Å². The first kappa shape index (κ1) is 22.5. The predicted octanol–water partition coefficient (Wildman–Crippen LogP) is 3.56. The van der Waals surface area contributed by atoms with Crippen LogP contribution in [0.2, 0.25) is 0 Å². The largest absolute Gasteiger partial charge is 0.384 e. The number of aromatic nitrogens is 3. The van der Waals surface area contributed by atoms with E-state index in [4.69, 9.17) is 10.5 Å². The van der Waals surface area contributed by atoms with Gasteiger partial charge >= 0.3 is 0 Å². The molecule has 0 aliphatic carbocycles. The van der Waals surface area contributed by atoms with Crippen LogP contribution in [0.25, 0.3) is 21.1 Å². The van der Waals surface area contributed by atoms with Gasteiger partial charge in [0.2, 0.25) is 0 Å². The SMILES string of the molecule is COCCc1cc2c(N3CC4(CCN(Cc5ccc6cc(C(N)=O)[nH]c6c5)CC4)C3)ncnc2s1. The van der Waals surface area contributed by atoms with Crippen molar-refractivity contribution in [3.63, 3.8) is 0 Å². The number of piperidine rings is 1. The number of nitrogens with zero attached hydrogens (tertiary/aromatic N) is 4. The zero-order chi connectivity index (χ0) is 24.0. The van der Waals surface area contributed by atoms with Gasteiger partial charge in [0.05, 0.1) is 12.0 Å². The van der Waals surface area contributed by atoms with Crippen molar-refractivity contribution in [2.24, 2.45) is 11.1 Å². The molecule has 3 N–H and O–H groups in total. The topological polar surface area (TPSA) is 100 Å². The number of rotatable bonds is 7. The smallest absolute Gasteiger partial charge is 0.265 e. The fourth-order valence-electron chi connectivity index (χ4n) is 5.55.